The number of hydrogen-bond acceptors (Lipinski definition) is 5. The van der Waals surface area contributed by atoms with E-state index in [1.165, 1.54) is 0 Å². The van der Waals surface area contributed by atoms with E-state index in [4.69, 9.17) is 15.2 Å². The highest BCUT2D eigenvalue weighted by Gasteiger charge is 2.43. The molecule has 23 heavy (non-hydrogen) atoms. The number of ether oxygens (including phenoxy) is 2. The third kappa shape index (κ3) is 3.88. The van der Waals surface area contributed by atoms with Crippen LogP contribution in [-0.2, 0) is 14.3 Å². The van der Waals surface area contributed by atoms with Crippen LogP contribution in [0.25, 0.3) is 0 Å². The van der Waals surface area contributed by atoms with Gasteiger partial charge in [0.05, 0.1) is 18.1 Å². The van der Waals surface area contributed by atoms with E-state index in [2.05, 4.69) is 11.4 Å². The molecule has 2 saturated heterocycles. The van der Waals surface area contributed by atoms with Crippen molar-refractivity contribution in [3.8, 4) is 0 Å². The largest absolute Gasteiger partial charge is 0.381 e. The quantitative estimate of drug-likeness (QED) is 0.897. The second-order valence-electron chi connectivity index (χ2n) is 6.30. The van der Waals surface area contributed by atoms with E-state index in [-0.39, 0.29) is 30.5 Å². The number of morpholine rings is 1. The highest BCUT2D eigenvalue weighted by atomic mass is 35.5. The van der Waals surface area contributed by atoms with Crippen molar-refractivity contribution in [2.24, 2.45) is 11.1 Å². The molecule has 0 saturated carbocycles. The van der Waals surface area contributed by atoms with E-state index in [9.17, 15) is 4.79 Å². The van der Waals surface area contributed by atoms with E-state index in [1.807, 2.05) is 17.2 Å². The molecule has 2 atom stereocenters. The molecule has 3 heterocycles. The Kier molecular flexibility index (Phi) is 6.45. The molecular formula is C16H25ClN2O3S. The van der Waals surface area contributed by atoms with Crippen LogP contribution in [-0.4, -0.2) is 49.8 Å². The average molecular weight is 361 g/mol. The number of halogens is 1. The van der Waals surface area contributed by atoms with Gasteiger partial charge in [0.1, 0.15) is 6.10 Å². The first kappa shape index (κ1) is 18.7. The van der Waals surface area contributed by atoms with Gasteiger partial charge in [0, 0.05) is 26.3 Å². The van der Waals surface area contributed by atoms with Crippen LogP contribution in [0.1, 0.15) is 31.4 Å². The average Bonchev–Trinajstić information content (AvgIpc) is 3.09. The Morgan fingerprint density at radius 2 is 2.17 bits per heavy atom. The lowest BCUT2D eigenvalue weighted by molar-refractivity contribution is -0.159. The number of nitrogens with zero attached hydrogens (tertiary/aromatic N) is 1. The Labute approximate surface area is 147 Å². The van der Waals surface area contributed by atoms with Gasteiger partial charge in [-0.3, -0.25) is 4.79 Å². The first-order valence-electron chi connectivity index (χ1n) is 7.89. The Hall–Kier alpha value is -0.660. The number of carbonyl (C=O) groups is 1. The van der Waals surface area contributed by atoms with Crippen LogP contribution in [0.15, 0.2) is 16.8 Å². The van der Waals surface area contributed by atoms with Crippen molar-refractivity contribution in [3.63, 3.8) is 0 Å². The summed E-state index contributed by atoms with van der Waals surface area (Å²) in [7, 11) is 0. The summed E-state index contributed by atoms with van der Waals surface area (Å²) in [6.45, 7) is 4.92. The topological polar surface area (TPSA) is 64.8 Å². The molecule has 0 bridgehead atoms. The predicted molar refractivity (Wildman–Crippen MR) is 93.0 cm³/mol. The SMILES string of the molecule is CC1CN(C(=O)C2(CN)CCOCC2)CC(c2ccsc2)O1.Cl. The lowest BCUT2D eigenvalue weighted by Crippen LogP contribution is -2.55. The molecule has 1 aromatic rings. The summed E-state index contributed by atoms with van der Waals surface area (Å²) in [5, 5.41) is 4.14. The van der Waals surface area contributed by atoms with Gasteiger partial charge in [-0.25, -0.2) is 0 Å². The fourth-order valence-corrected chi connectivity index (χ4v) is 4.06. The summed E-state index contributed by atoms with van der Waals surface area (Å²) >= 11 is 1.66. The number of thiophene rings is 1. The fraction of sp³-hybridized carbons (Fsp3) is 0.688. The molecule has 2 unspecified atom stereocenters. The summed E-state index contributed by atoms with van der Waals surface area (Å²) in [6.07, 6.45) is 1.44. The standard InChI is InChI=1S/C16H24N2O3S.ClH/c1-12-8-18(9-14(21-12)13-2-7-22-10-13)15(19)16(11-17)3-5-20-6-4-16;/h2,7,10,12,14H,3-6,8-9,11,17H2,1H3;1H. The normalized spacial score (nSPS) is 27.3. The van der Waals surface area contributed by atoms with E-state index in [0.29, 0.717) is 32.8 Å². The molecule has 2 aliphatic heterocycles. The molecule has 0 aromatic carbocycles. The molecular weight excluding hydrogens is 336 g/mol. The van der Waals surface area contributed by atoms with Gasteiger partial charge in [-0.1, -0.05) is 0 Å². The van der Waals surface area contributed by atoms with E-state index < -0.39 is 5.41 Å². The van der Waals surface area contributed by atoms with Gasteiger partial charge < -0.3 is 20.1 Å². The molecule has 1 amide bonds. The molecule has 130 valence electrons. The summed E-state index contributed by atoms with van der Waals surface area (Å²) in [6, 6.07) is 2.07. The van der Waals surface area contributed by atoms with Crippen LogP contribution in [0.3, 0.4) is 0 Å². The van der Waals surface area contributed by atoms with Crippen LogP contribution in [0.2, 0.25) is 0 Å². The molecule has 1 aromatic heterocycles. The number of amides is 1. The van der Waals surface area contributed by atoms with Crippen LogP contribution in [0.5, 0.6) is 0 Å². The maximum Gasteiger partial charge on any atom is 0.230 e. The van der Waals surface area contributed by atoms with Crippen molar-refractivity contribution in [1.82, 2.24) is 4.90 Å². The van der Waals surface area contributed by atoms with Crippen molar-refractivity contribution in [2.45, 2.75) is 32.0 Å². The third-order valence-corrected chi connectivity index (χ3v) is 5.46. The molecule has 2 aliphatic rings. The van der Waals surface area contributed by atoms with Gasteiger partial charge in [-0.2, -0.15) is 11.3 Å². The zero-order valence-corrected chi connectivity index (χ0v) is 15.0. The van der Waals surface area contributed by atoms with Crippen LogP contribution in [0.4, 0.5) is 0 Å². The Balaban J connectivity index is 0.00000192. The summed E-state index contributed by atoms with van der Waals surface area (Å²) < 4.78 is 11.4. The summed E-state index contributed by atoms with van der Waals surface area (Å²) in [5.74, 6) is 0.175. The number of carbonyl (C=O) groups excluding carboxylic acids is 1. The van der Waals surface area contributed by atoms with Gasteiger partial charge in [0.15, 0.2) is 0 Å². The van der Waals surface area contributed by atoms with E-state index >= 15 is 0 Å². The van der Waals surface area contributed by atoms with Crippen molar-refractivity contribution >= 4 is 29.7 Å². The highest BCUT2D eigenvalue weighted by Crippen LogP contribution is 2.34. The smallest absolute Gasteiger partial charge is 0.230 e. The van der Waals surface area contributed by atoms with Crippen molar-refractivity contribution in [2.75, 3.05) is 32.8 Å². The molecule has 0 radical (unpaired) electrons. The zero-order chi connectivity index (χ0) is 15.6. The van der Waals surface area contributed by atoms with Crippen molar-refractivity contribution in [3.05, 3.63) is 22.4 Å². The molecule has 3 rings (SSSR count). The first-order chi connectivity index (χ1) is 10.6. The summed E-state index contributed by atoms with van der Waals surface area (Å²) in [4.78, 5) is 15.1. The molecule has 0 spiro atoms. The molecule has 0 aliphatic carbocycles. The monoisotopic (exact) mass is 360 g/mol. The Morgan fingerprint density at radius 3 is 2.78 bits per heavy atom. The molecule has 7 heteroatoms. The van der Waals surface area contributed by atoms with Crippen LogP contribution in [0, 0.1) is 5.41 Å². The maximum atomic E-state index is 13.1. The number of rotatable bonds is 3. The first-order valence-corrected chi connectivity index (χ1v) is 8.84. The maximum absolute atomic E-state index is 13.1. The van der Waals surface area contributed by atoms with Crippen LogP contribution < -0.4 is 5.73 Å². The van der Waals surface area contributed by atoms with Gasteiger partial charge in [-0.05, 0) is 42.2 Å². The fourth-order valence-electron chi connectivity index (χ4n) is 3.36. The molecule has 2 N–H and O–H groups in total. The second-order valence-corrected chi connectivity index (χ2v) is 7.08. The van der Waals surface area contributed by atoms with E-state index in [0.717, 1.165) is 18.4 Å². The third-order valence-electron chi connectivity index (χ3n) is 4.76. The minimum absolute atomic E-state index is 0. The summed E-state index contributed by atoms with van der Waals surface area (Å²) in [5.41, 5.74) is 6.68. The molecule has 2 fully saturated rings. The van der Waals surface area contributed by atoms with Gasteiger partial charge in [0.25, 0.3) is 0 Å². The predicted octanol–water partition coefficient (Wildman–Crippen LogP) is 2.21. The van der Waals surface area contributed by atoms with E-state index in [1.54, 1.807) is 11.3 Å². The Morgan fingerprint density at radius 1 is 1.43 bits per heavy atom. The lowest BCUT2D eigenvalue weighted by Gasteiger charge is -2.43. The number of nitrogens with two attached hydrogens (primary N) is 1. The lowest BCUT2D eigenvalue weighted by atomic mass is 9.78. The number of hydrogen-bond donors (Lipinski definition) is 1. The van der Waals surface area contributed by atoms with Gasteiger partial charge >= 0.3 is 0 Å². The zero-order valence-electron chi connectivity index (χ0n) is 13.4. The van der Waals surface area contributed by atoms with Crippen molar-refractivity contribution < 1.29 is 14.3 Å². The van der Waals surface area contributed by atoms with Crippen LogP contribution >= 0.6 is 23.7 Å². The minimum atomic E-state index is -0.450. The minimum Gasteiger partial charge on any atom is -0.381 e. The highest BCUT2D eigenvalue weighted by molar-refractivity contribution is 7.07. The van der Waals surface area contributed by atoms with Gasteiger partial charge in [0.2, 0.25) is 5.91 Å². The second kappa shape index (κ2) is 7.94. The molecule has 5 nitrogen and oxygen atoms in total. The van der Waals surface area contributed by atoms with Crippen molar-refractivity contribution in [1.29, 1.82) is 0 Å². The van der Waals surface area contributed by atoms with Gasteiger partial charge in [-0.15, -0.1) is 12.4 Å². The Bertz CT molecular complexity index is 505.